The van der Waals surface area contributed by atoms with Gasteiger partial charge in [0, 0.05) is 37.9 Å². The number of piperazine rings is 1. The number of aryl methyl sites for hydroxylation is 1. The van der Waals surface area contributed by atoms with E-state index in [2.05, 4.69) is 34.0 Å². The van der Waals surface area contributed by atoms with Crippen LogP contribution in [-0.2, 0) is 6.54 Å². The number of rotatable bonds is 3. The van der Waals surface area contributed by atoms with E-state index in [0.717, 1.165) is 44.1 Å². The molecule has 1 aromatic rings. The Morgan fingerprint density at radius 2 is 2.35 bits per heavy atom. The first-order chi connectivity index (χ1) is 8.11. The molecular formula is C13H22N4. The predicted molar refractivity (Wildman–Crippen MR) is 68.7 cm³/mol. The summed E-state index contributed by atoms with van der Waals surface area (Å²) < 4.78 is 0. The van der Waals surface area contributed by atoms with Crippen LogP contribution < -0.4 is 5.32 Å². The van der Waals surface area contributed by atoms with Crippen LogP contribution in [0, 0.1) is 6.92 Å². The first-order valence-electron chi connectivity index (χ1n) is 6.37. The third-order valence-corrected chi connectivity index (χ3v) is 3.55. The zero-order chi connectivity index (χ0) is 12.3. The summed E-state index contributed by atoms with van der Waals surface area (Å²) in [5, 5.41) is 3.60. The summed E-state index contributed by atoms with van der Waals surface area (Å²) >= 11 is 0. The lowest BCUT2D eigenvalue weighted by Gasteiger charge is -2.41. The average molecular weight is 234 g/mol. The smallest absolute Gasteiger partial charge is 0.125 e. The molecule has 0 aliphatic carbocycles. The third-order valence-electron chi connectivity index (χ3n) is 3.55. The lowest BCUT2D eigenvalue weighted by atomic mass is 9.96. The average Bonchev–Trinajstić information content (AvgIpc) is 2.29. The van der Waals surface area contributed by atoms with Crippen molar-refractivity contribution in [3.05, 3.63) is 23.8 Å². The monoisotopic (exact) mass is 234 g/mol. The molecule has 0 radical (unpaired) electrons. The van der Waals surface area contributed by atoms with E-state index < -0.39 is 0 Å². The van der Waals surface area contributed by atoms with Gasteiger partial charge in [0.25, 0.3) is 0 Å². The van der Waals surface area contributed by atoms with E-state index >= 15 is 0 Å². The Labute approximate surface area is 103 Å². The summed E-state index contributed by atoms with van der Waals surface area (Å²) in [6, 6.07) is 2.01. The van der Waals surface area contributed by atoms with E-state index in [-0.39, 0.29) is 5.54 Å². The van der Waals surface area contributed by atoms with E-state index in [1.807, 2.05) is 19.2 Å². The fourth-order valence-corrected chi connectivity index (χ4v) is 2.34. The number of hydrogen-bond donors (Lipinski definition) is 1. The number of nitrogens with one attached hydrogen (secondary N) is 1. The van der Waals surface area contributed by atoms with Gasteiger partial charge in [0.05, 0.1) is 5.69 Å². The zero-order valence-corrected chi connectivity index (χ0v) is 11.0. The molecular weight excluding hydrogens is 212 g/mol. The fourth-order valence-electron chi connectivity index (χ4n) is 2.34. The summed E-state index contributed by atoms with van der Waals surface area (Å²) in [4.78, 5) is 11.1. The molecule has 1 saturated heterocycles. The second-order valence-corrected chi connectivity index (χ2v) is 5.15. The number of nitrogens with zero attached hydrogens (tertiary/aromatic N) is 3. The van der Waals surface area contributed by atoms with Gasteiger partial charge in [0.15, 0.2) is 0 Å². The predicted octanol–water partition coefficient (Wildman–Crippen LogP) is 1.36. The molecule has 1 fully saturated rings. The Hall–Kier alpha value is -1.00. The highest BCUT2D eigenvalue weighted by atomic mass is 15.2. The van der Waals surface area contributed by atoms with Gasteiger partial charge in [0.1, 0.15) is 5.82 Å². The molecule has 1 aliphatic heterocycles. The van der Waals surface area contributed by atoms with Crippen molar-refractivity contribution in [2.75, 3.05) is 19.6 Å². The molecule has 0 spiro atoms. The molecule has 4 heteroatoms. The second kappa shape index (κ2) is 5.10. The maximum Gasteiger partial charge on any atom is 0.125 e. The van der Waals surface area contributed by atoms with Gasteiger partial charge in [-0.25, -0.2) is 9.97 Å². The molecule has 2 rings (SSSR count). The highest BCUT2D eigenvalue weighted by molar-refractivity contribution is 5.02. The molecule has 1 atom stereocenters. The van der Waals surface area contributed by atoms with Crippen LogP contribution in [0.15, 0.2) is 12.3 Å². The topological polar surface area (TPSA) is 41.1 Å². The normalized spacial score (nSPS) is 26.1. The van der Waals surface area contributed by atoms with Crippen molar-refractivity contribution in [3.63, 3.8) is 0 Å². The molecule has 17 heavy (non-hydrogen) atoms. The maximum absolute atomic E-state index is 4.47. The molecule has 0 saturated carbocycles. The summed E-state index contributed by atoms with van der Waals surface area (Å²) in [6.07, 6.45) is 3.01. The van der Waals surface area contributed by atoms with Crippen molar-refractivity contribution < 1.29 is 0 Å². The van der Waals surface area contributed by atoms with Crippen LogP contribution >= 0.6 is 0 Å². The van der Waals surface area contributed by atoms with Gasteiger partial charge in [-0.05, 0) is 26.3 Å². The van der Waals surface area contributed by atoms with Crippen LogP contribution in [0.5, 0.6) is 0 Å². The second-order valence-electron chi connectivity index (χ2n) is 5.15. The first kappa shape index (κ1) is 12.5. The maximum atomic E-state index is 4.47. The molecule has 4 nitrogen and oxygen atoms in total. The largest absolute Gasteiger partial charge is 0.309 e. The van der Waals surface area contributed by atoms with Gasteiger partial charge in [-0.2, -0.15) is 0 Å². The van der Waals surface area contributed by atoms with Gasteiger partial charge in [0.2, 0.25) is 0 Å². The van der Waals surface area contributed by atoms with Crippen molar-refractivity contribution in [2.24, 2.45) is 0 Å². The van der Waals surface area contributed by atoms with Gasteiger partial charge >= 0.3 is 0 Å². The van der Waals surface area contributed by atoms with E-state index in [0.29, 0.717) is 0 Å². The van der Waals surface area contributed by atoms with Crippen LogP contribution in [0.2, 0.25) is 0 Å². The standard InChI is InChI=1S/C13H22N4/c1-4-13(3)10-17(8-7-15-13)9-12-5-6-14-11(2)16-12/h5-6,15H,4,7-10H2,1-3H3. The minimum atomic E-state index is 0.250. The van der Waals surface area contributed by atoms with Crippen molar-refractivity contribution in [3.8, 4) is 0 Å². The Bertz CT molecular complexity index is 379. The summed E-state index contributed by atoms with van der Waals surface area (Å²) in [5.41, 5.74) is 1.37. The zero-order valence-electron chi connectivity index (χ0n) is 11.0. The fraction of sp³-hybridized carbons (Fsp3) is 0.692. The Kier molecular flexibility index (Phi) is 3.74. The molecule has 0 amide bonds. The quantitative estimate of drug-likeness (QED) is 0.857. The molecule has 0 bridgehead atoms. The minimum absolute atomic E-state index is 0.250. The Morgan fingerprint density at radius 1 is 1.53 bits per heavy atom. The van der Waals surface area contributed by atoms with Crippen molar-refractivity contribution in [2.45, 2.75) is 39.3 Å². The van der Waals surface area contributed by atoms with Gasteiger partial charge in [-0.15, -0.1) is 0 Å². The van der Waals surface area contributed by atoms with E-state index in [1.54, 1.807) is 0 Å². The van der Waals surface area contributed by atoms with Gasteiger partial charge < -0.3 is 5.32 Å². The van der Waals surface area contributed by atoms with E-state index in [1.165, 1.54) is 0 Å². The summed E-state index contributed by atoms with van der Waals surface area (Å²) in [7, 11) is 0. The van der Waals surface area contributed by atoms with Crippen molar-refractivity contribution in [1.29, 1.82) is 0 Å². The number of hydrogen-bond acceptors (Lipinski definition) is 4. The number of aromatic nitrogens is 2. The minimum Gasteiger partial charge on any atom is -0.309 e. The van der Waals surface area contributed by atoms with Crippen LogP contribution in [0.3, 0.4) is 0 Å². The lowest BCUT2D eigenvalue weighted by molar-refractivity contribution is 0.132. The lowest BCUT2D eigenvalue weighted by Crippen LogP contribution is -2.58. The van der Waals surface area contributed by atoms with Crippen LogP contribution in [0.1, 0.15) is 31.8 Å². The van der Waals surface area contributed by atoms with Crippen LogP contribution in [0.25, 0.3) is 0 Å². The van der Waals surface area contributed by atoms with Gasteiger partial charge in [-0.3, -0.25) is 4.90 Å². The van der Waals surface area contributed by atoms with Crippen LogP contribution in [-0.4, -0.2) is 40.0 Å². The molecule has 94 valence electrons. The van der Waals surface area contributed by atoms with Crippen molar-refractivity contribution >= 4 is 0 Å². The summed E-state index contributed by atoms with van der Waals surface area (Å²) in [5.74, 6) is 0.857. The molecule has 0 aromatic carbocycles. The molecule has 1 aliphatic rings. The van der Waals surface area contributed by atoms with Gasteiger partial charge in [-0.1, -0.05) is 6.92 Å². The van der Waals surface area contributed by atoms with E-state index in [4.69, 9.17) is 0 Å². The molecule has 1 unspecified atom stereocenters. The molecule has 2 heterocycles. The first-order valence-corrected chi connectivity index (χ1v) is 6.37. The third kappa shape index (κ3) is 3.23. The highest BCUT2D eigenvalue weighted by Gasteiger charge is 2.28. The summed E-state index contributed by atoms with van der Waals surface area (Å²) in [6.45, 7) is 10.7. The van der Waals surface area contributed by atoms with Crippen molar-refractivity contribution in [1.82, 2.24) is 20.2 Å². The molecule has 1 N–H and O–H groups in total. The Balaban J connectivity index is 1.99. The highest BCUT2D eigenvalue weighted by Crippen LogP contribution is 2.16. The SMILES string of the molecule is CCC1(C)CN(Cc2ccnc(C)n2)CCN1. The Morgan fingerprint density at radius 3 is 3.06 bits per heavy atom. The van der Waals surface area contributed by atoms with Crippen LogP contribution in [0.4, 0.5) is 0 Å². The van der Waals surface area contributed by atoms with E-state index in [9.17, 15) is 0 Å². The molecule has 1 aromatic heterocycles.